The van der Waals surface area contributed by atoms with Gasteiger partial charge in [-0.3, -0.25) is 4.79 Å². The number of carbonyl (C=O) groups excluding carboxylic acids is 1. The third-order valence-corrected chi connectivity index (χ3v) is 3.45. The summed E-state index contributed by atoms with van der Waals surface area (Å²) >= 11 is 0. The molecule has 0 amide bonds. The number of carbonyl (C=O) groups is 1. The molecule has 16 heavy (non-hydrogen) atoms. The average Bonchev–Trinajstić information content (AvgIpc) is 2.39. The van der Waals surface area contributed by atoms with E-state index in [0.717, 1.165) is 37.3 Å². The van der Waals surface area contributed by atoms with E-state index in [1.54, 1.807) is 0 Å². The fourth-order valence-corrected chi connectivity index (χ4v) is 2.40. The Kier molecular flexibility index (Phi) is 3.41. The first-order valence-corrected chi connectivity index (χ1v) is 5.78. The van der Waals surface area contributed by atoms with Crippen LogP contribution < -0.4 is 0 Å². The highest BCUT2D eigenvalue weighted by molar-refractivity contribution is 6.67. The SMILES string of the molecule is N#CB1CCC(c2ccc(C=O)cc2)CC1. The molecule has 0 atom stereocenters. The van der Waals surface area contributed by atoms with Crippen LogP contribution in [0.25, 0.3) is 0 Å². The van der Waals surface area contributed by atoms with Crippen LogP contribution in [0, 0.1) is 11.2 Å². The molecular formula is C13H14BNO. The number of hydrogen-bond donors (Lipinski definition) is 0. The summed E-state index contributed by atoms with van der Waals surface area (Å²) in [5.41, 5.74) is 2.04. The maximum absolute atomic E-state index is 10.5. The first-order valence-electron chi connectivity index (χ1n) is 5.78. The number of hydrogen-bond acceptors (Lipinski definition) is 2. The van der Waals surface area contributed by atoms with Crippen molar-refractivity contribution >= 4 is 13.0 Å². The van der Waals surface area contributed by atoms with Crippen molar-refractivity contribution in [3.8, 4) is 5.97 Å². The normalized spacial score (nSPS) is 16.8. The van der Waals surface area contributed by atoms with Crippen molar-refractivity contribution in [2.24, 2.45) is 0 Å². The van der Waals surface area contributed by atoms with E-state index in [-0.39, 0.29) is 6.71 Å². The minimum absolute atomic E-state index is 0.255. The predicted molar refractivity (Wildman–Crippen MR) is 64.8 cm³/mol. The van der Waals surface area contributed by atoms with Gasteiger partial charge in [0.2, 0.25) is 0 Å². The molecule has 80 valence electrons. The largest absolute Gasteiger partial charge is 0.298 e. The van der Waals surface area contributed by atoms with Crippen molar-refractivity contribution < 1.29 is 4.79 Å². The Morgan fingerprint density at radius 3 is 2.38 bits per heavy atom. The van der Waals surface area contributed by atoms with E-state index in [1.807, 2.05) is 24.3 Å². The molecule has 1 aliphatic heterocycles. The second kappa shape index (κ2) is 4.98. The Morgan fingerprint density at radius 2 is 1.88 bits per heavy atom. The van der Waals surface area contributed by atoms with Crippen molar-refractivity contribution in [2.75, 3.05) is 0 Å². The molecule has 1 aromatic carbocycles. The summed E-state index contributed by atoms with van der Waals surface area (Å²) in [5.74, 6) is 2.92. The van der Waals surface area contributed by atoms with Gasteiger partial charge in [0.1, 0.15) is 6.29 Å². The van der Waals surface area contributed by atoms with Crippen LogP contribution in [0.5, 0.6) is 0 Å². The summed E-state index contributed by atoms with van der Waals surface area (Å²) in [6.45, 7) is 0.255. The highest BCUT2D eigenvalue weighted by atomic mass is 16.1. The van der Waals surface area contributed by atoms with Gasteiger partial charge in [0.05, 0.1) is 0 Å². The van der Waals surface area contributed by atoms with Gasteiger partial charge in [-0.25, -0.2) is 5.26 Å². The van der Waals surface area contributed by atoms with Gasteiger partial charge < -0.3 is 0 Å². The molecule has 0 bridgehead atoms. The summed E-state index contributed by atoms with van der Waals surface area (Å²) in [5, 5.41) is 8.83. The first kappa shape index (κ1) is 10.9. The lowest BCUT2D eigenvalue weighted by atomic mass is 9.41. The number of nitriles is 1. The molecule has 0 unspecified atom stereocenters. The molecule has 1 aromatic rings. The quantitative estimate of drug-likeness (QED) is 0.557. The molecule has 2 rings (SSSR count). The van der Waals surface area contributed by atoms with Crippen LogP contribution in [-0.2, 0) is 0 Å². The lowest BCUT2D eigenvalue weighted by Crippen LogP contribution is -2.18. The van der Waals surface area contributed by atoms with Gasteiger partial charge in [-0.15, -0.1) is 0 Å². The van der Waals surface area contributed by atoms with Crippen LogP contribution in [0.3, 0.4) is 0 Å². The van der Waals surface area contributed by atoms with Crippen molar-refractivity contribution in [3.05, 3.63) is 35.4 Å². The van der Waals surface area contributed by atoms with E-state index in [1.165, 1.54) is 5.56 Å². The summed E-state index contributed by atoms with van der Waals surface area (Å²) in [6, 6.07) is 7.83. The summed E-state index contributed by atoms with van der Waals surface area (Å²) in [4.78, 5) is 10.5. The van der Waals surface area contributed by atoms with Gasteiger partial charge in [0, 0.05) is 11.5 Å². The minimum Gasteiger partial charge on any atom is -0.298 e. The maximum atomic E-state index is 10.5. The van der Waals surface area contributed by atoms with E-state index in [4.69, 9.17) is 5.26 Å². The molecule has 0 saturated carbocycles. The zero-order chi connectivity index (χ0) is 11.4. The van der Waals surface area contributed by atoms with Crippen LogP contribution in [0.2, 0.25) is 12.6 Å². The highest BCUT2D eigenvalue weighted by Crippen LogP contribution is 2.33. The van der Waals surface area contributed by atoms with E-state index < -0.39 is 0 Å². The van der Waals surface area contributed by atoms with Crippen LogP contribution in [-0.4, -0.2) is 13.0 Å². The summed E-state index contributed by atoms with van der Waals surface area (Å²) in [7, 11) is 0. The minimum atomic E-state index is 0.255. The van der Waals surface area contributed by atoms with Crippen molar-refractivity contribution in [1.29, 1.82) is 5.26 Å². The van der Waals surface area contributed by atoms with Crippen LogP contribution in [0.1, 0.15) is 34.7 Å². The van der Waals surface area contributed by atoms with Gasteiger partial charge in [-0.1, -0.05) is 49.7 Å². The zero-order valence-corrected chi connectivity index (χ0v) is 9.23. The Hall–Kier alpha value is -1.56. The second-order valence-corrected chi connectivity index (χ2v) is 4.46. The van der Waals surface area contributed by atoms with E-state index in [2.05, 4.69) is 5.97 Å². The molecule has 1 fully saturated rings. The van der Waals surface area contributed by atoms with Gasteiger partial charge in [0.15, 0.2) is 0 Å². The van der Waals surface area contributed by atoms with E-state index in [9.17, 15) is 4.79 Å². The third-order valence-electron chi connectivity index (χ3n) is 3.45. The lowest BCUT2D eigenvalue weighted by Gasteiger charge is -2.23. The molecule has 0 aromatic heterocycles. The topological polar surface area (TPSA) is 40.9 Å². The Morgan fingerprint density at radius 1 is 1.25 bits per heavy atom. The lowest BCUT2D eigenvalue weighted by molar-refractivity contribution is 0.112. The maximum Gasteiger partial charge on any atom is 0.267 e. The average molecular weight is 211 g/mol. The standard InChI is InChI=1S/C13H14BNO/c15-10-14-7-5-13(6-8-14)12-3-1-11(9-16)2-4-12/h1-4,9,13H,5-8H2. The van der Waals surface area contributed by atoms with Gasteiger partial charge in [-0.05, 0) is 11.5 Å². The molecule has 0 spiro atoms. The van der Waals surface area contributed by atoms with Crippen molar-refractivity contribution in [1.82, 2.24) is 0 Å². The van der Waals surface area contributed by atoms with Crippen molar-refractivity contribution in [2.45, 2.75) is 31.4 Å². The smallest absolute Gasteiger partial charge is 0.267 e. The number of rotatable bonds is 2. The van der Waals surface area contributed by atoms with Gasteiger partial charge in [0.25, 0.3) is 6.71 Å². The molecule has 0 radical (unpaired) electrons. The summed E-state index contributed by atoms with van der Waals surface area (Å²) < 4.78 is 0. The van der Waals surface area contributed by atoms with Crippen LogP contribution in [0.15, 0.2) is 24.3 Å². The van der Waals surface area contributed by atoms with Gasteiger partial charge >= 0.3 is 0 Å². The molecule has 3 heteroatoms. The summed E-state index contributed by atoms with van der Waals surface area (Å²) in [6.07, 6.45) is 5.08. The number of nitrogens with zero attached hydrogens (tertiary/aromatic N) is 1. The Balaban J connectivity index is 2.03. The van der Waals surface area contributed by atoms with E-state index in [0.29, 0.717) is 5.92 Å². The third kappa shape index (κ3) is 2.33. The molecule has 1 aliphatic rings. The predicted octanol–water partition coefficient (Wildman–Crippen LogP) is 2.93. The highest BCUT2D eigenvalue weighted by Gasteiger charge is 2.24. The Bertz CT molecular complexity index is 399. The molecular weight excluding hydrogens is 197 g/mol. The zero-order valence-electron chi connectivity index (χ0n) is 9.23. The molecule has 0 N–H and O–H groups in total. The Labute approximate surface area is 96.4 Å². The van der Waals surface area contributed by atoms with Crippen LogP contribution in [0.4, 0.5) is 0 Å². The van der Waals surface area contributed by atoms with E-state index >= 15 is 0 Å². The molecule has 1 heterocycles. The van der Waals surface area contributed by atoms with Gasteiger partial charge in [-0.2, -0.15) is 0 Å². The van der Waals surface area contributed by atoms with Crippen molar-refractivity contribution in [3.63, 3.8) is 0 Å². The monoisotopic (exact) mass is 211 g/mol. The first-order chi connectivity index (χ1) is 7.83. The number of aldehydes is 1. The fourth-order valence-electron chi connectivity index (χ4n) is 2.40. The molecule has 1 saturated heterocycles. The fraction of sp³-hybridized carbons (Fsp3) is 0.385. The molecule has 2 nitrogen and oxygen atoms in total. The number of benzene rings is 1. The second-order valence-electron chi connectivity index (χ2n) is 4.46. The molecule has 0 aliphatic carbocycles. The van der Waals surface area contributed by atoms with Crippen LogP contribution >= 0.6 is 0 Å².